The van der Waals surface area contributed by atoms with Crippen molar-refractivity contribution in [2.75, 3.05) is 5.32 Å². The van der Waals surface area contributed by atoms with Crippen molar-refractivity contribution in [1.29, 1.82) is 0 Å². The first-order chi connectivity index (χ1) is 11.6. The predicted octanol–water partition coefficient (Wildman–Crippen LogP) is 3.82. The van der Waals surface area contributed by atoms with Crippen LogP contribution in [0.3, 0.4) is 0 Å². The Labute approximate surface area is 140 Å². The van der Waals surface area contributed by atoms with Gasteiger partial charge >= 0.3 is 5.97 Å². The monoisotopic (exact) mass is 319 g/mol. The second-order valence-electron chi connectivity index (χ2n) is 5.44. The highest BCUT2D eigenvalue weighted by Gasteiger charge is 2.05. The maximum Gasteiger partial charge on any atom is 0.307 e. The molecule has 2 N–H and O–H groups in total. The van der Waals surface area contributed by atoms with Crippen molar-refractivity contribution in [3.05, 3.63) is 72.1 Å². The van der Waals surface area contributed by atoms with Gasteiger partial charge in [0.2, 0.25) is 0 Å². The molecule has 3 rings (SSSR count). The molecular weight excluding hydrogens is 302 g/mol. The number of carboxylic acids is 1. The molecule has 5 nitrogen and oxygen atoms in total. The average Bonchev–Trinajstić information content (AvgIpc) is 2.56. The molecular formula is C19H17N3O2. The lowest BCUT2D eigenvalue weighted by Crippen LogP contribution is -2.01. The van der Waals surface area contributed by atoms with E-state index in [1.165, 1.54) is 0 Å². The fourth-order valence-electron chi connectivity index (χ4n) is 2.42. The summed E-state index contributed by atoms with van der Waals surface area (Å²) in [6.07, 6.45) is 0.0189. The lowest BCUT2D eigenvalue weighted by atomic mass is 10.1. The Morgan fingerprint density at radius 2 is 1.75 bits per heavy atom. The molecule has 2 aromatic carbocycles. The zero-order valence-electron chi connectivity index (χ0n) is 13.2. The van der Waals surface area contributed by atoms with Crippen LogP contribution in [0.15, 0.2) is 60.7 Å². The highest BCUT2D eigenvalue weighted by molar-refractivity contribution is 5.71. The molecule has 0 aliphatic rings. The predicted molar refractivity (Wildman–Crippen MR) is 93.3 cm³/mol. The van der Waals surface area contributed by atoms with E-state index in [1.54, 1.807) is 12.1 Å². The van der Waals surface area contributed by atoms with E-state index < -0.39 is 5.97 Å². The summed E-state index contributed by atoms with van der Waals surface area (Å²) in [5, 5.41) is 12.0. The SMILES string of the molecule is Cc1nc(Nc2ccc(CC(=O)O)cc2)cc(-c2ccccc2)n1. The first-order valence-electron chi connectivity index (χ1n) is 7.59. The van der Waals surface area contributed by atoms with E-state index in [9.17, 15) is 4.79 Å². The Morgan fingerprint density at radius 3 is 2.42 bits per heavy atom. The van der Waals surface area contributed by atoms with Crippen molar-refractivity contribution in [3.63, 3.8) is 0 Å². The Bertz CT molecular complexity index is 846. The van der Waals surface area contributed by atoms with E-state index in [-0.39, 0.29) is 6.42 Å². The number of nitrogens with zero attached hydrogens (tertiary/aromatic N) is 2. The number of benzene rings is 2. The standard InChI is InChI=1S/C19H17N3O2/c1-13-20-17(15-5-3-2-4-6-15)12-18(21-13)22-16-9-7-14(8-10-16)11-19(23)24/h2-10,12H,11H2,1H3,(H,23,24)(H,20,21,22). The van der Waals surface area contributed by atoms with E-state index in [0.29, 0.717) is 11.6 Å². The van der Waals surface area contributed by atoms with Gasteiger partial charge in [0, 0.05) is 17.3 Å². The number of carbonyl (C=O) groups is 1. The Balaban J connectivity index is 1.82. The summed E-state index contributed by atoms with van der Waals surface area (Å²) in [7, 11) is 0. The average molecular weight is 319 g/mol. The van der Waals surface area contributed by atoms with E-state index in [1.807, 2.05) is 55.5 Å². The highest BCUT2D eigenvalue weighted by Crippen LogP contribution is 2.22. The lowest BCUT2D eigenvalue weighted by molar-refractivity contribution is -0.136. The molecule has 0 aliphatic heterocycles. The number of carboxylic acid groups (broad SMARTS) is 1. The van der Waals surface area contributed by atoms with Gasteiger partial charge in [-0.05, 0) is 24.6 Å². The van der Waals surface area contributed by atoms with Crippen LogP contribution >= 0.6 is 0 Å². The highest BCUT2D eigenvalue weighted by atomic mass is 16.4. The molecule has 0 atom stereocenters. The van der Waals surface area contributed by atoms with Crippen LogP contribution in [0.2, 0.25) is 0 Å². The minimum atomic E-state index is -0.838. The van der Waals surface area contributed by atoms with Crippen LogP contribution < -0.4 is 5.32 Å². The van der Waals surface area contributed by atoms with Gasteiger partial charge in [0.05, 0.1) is 12.1 Å². The fraction of sp³-hybridized carbons (Fsp3) is 0.105. The van der Waals surface area contributed by atoms with Gasteiger partial charge < -0.3 is 10.4 Å². The number of rotatable bonds is 5. The second kappa shape index (κ2) is 6.91. The zero-order chi connectivity index (χ0) is 16.9. The van der Waals surface area contributed by atoms with Gasteiger partial charge in [-0.15, -0.1) is 0 Å². The Hall–Kier alpha value is -3.21. The molecule has 0 spiro atoms. The van der Waals surface area contributed by atoms with Crippen molar-refractivity contribution in [2.45, 2.75) is 13.3 Å². The first kappa shape index (κ1) is 15.7. The normalized spacial score (nSPS) is 10.4. The van der Waals surface area contributed by atoms with Gasteiger partial charge in [0.15, 0.2) is 0 Å². The van der Waals surface area contributed by atoms with E-state index >= 15 is 0 Å². The first-order valence-corrected chi connectivity index (χ1v) is 7.59. The third kappa shape index (κ3) is 3.95. The van der Waals surface area contributed by atoms with Gasteiger partial charge in [0.1, 0.15) is 11.6 Å². The number of aliphatic carboxylic acids is 1. The van der Waals surface area contributed by atoms with Crippen LogP contribution in [0.4, 0.5) is 11.5 Å². The van der Waals surface area contributed by atoms with Gasteiger partial charge in [-0.25, -0.2) is 9.97 Å². The zero-order valence-corrected chi connectivity index (χ0v) is 13.2. The quantitative estimate of drug-likeness (QED) is 0.747. The van der Waals surface area contributed by atoms with Crippen LogP contribution in [-0.4, -0.2) is 21.0 Å². The van der Waals surface area contributed by atoms with E-state index in [2.05, 4.69) is 15.3 Å². The van der Waals surface area contributed by atoms with Crippen molar-refractivity contribution >= 4 is 17.5 Å². The molecule has 0 saturated carbocycles. The van der Waals surface area contributed by atoms with Gasteiger partial charge in [0.25, 0.3) is 0 Å². The van der Waals surface area contributed by atoms with Crippen molar-refractivity contribution in [1.82, 2.24) is 9.97 Å². The number of aromatic nitrogens is 2. The molecule has 120 valence electrons. The smallest absolute Gasteiger partial charge is 0.307 e. The number of aryl methyl sites for hydroxylation is 1. The van der Waals surface area contributed by atoms with Crippen LogP contribution in [0, 0.1) is 6.92 Å². The van der Waals surface area contributed by atoms with Gasteiger partial charge in [-0.2, -0.15) is 0 Å². The molecule has 0 radical (unpaired) electrons. The summed E-state index contributed by atoms with van der Waals surface area (Å²) in [6, 6.07) is 19.1. The molecule has 0 unspecified atom stereocenters. The van der Waals surface area contributed by atoms with E-state index in [4.69, 9.17) is 5.11 Å². The van der Waals surface area contributed by atoms with Crippen molar-refractivity contribution < 1.29 is 9.90 Å². The summed E-state index contributed by atoms with van der Waals surface area (Å²) < 4.78 is 0. The molecule has 1 heterocycles. The molecule has 1 aromatic heterocycles. The molecule has 0 bridgehead atoms. The largest absolute Gasteiger partial charge is 0.481 e. The molecule has 24 heavy (non-hydrogen) atoms. The molecule has 0 fully saturated rings. The maximum absolute atomic E-state index is 10.7. The molecule has 0 aliphatic carbocycles. The summed E-state index contributed by atoms with van der Waals surface area (Å²) in [6.45, 7) is 1.85. The maximum atomic E-state index is 10.7. The molecule has 5 heteroatoms. The van der Waals surface area contributed by atoms with Crippen LogP contribution in [0.5, 0.6) is 0 Å². The van der Waals surface area contributed by atoms with E-state index in [0.717, 1.165) is 22.5 Å². The molecule has 0 amide bonds. The summed E-state index contributed by atoms with van der Waals surface area (Å²) in [4.78, 5) is 19.6. The summed E-state index contributed by atoms with van der Waals surface area (Å²) in [5.74, 6) is 0.545. The Morgan fingerprint density at radius 1 is 1.04 bits per heavy atom. The number of anilines is 2. The summed E-state index contributed by atoms with van der Waals surface area (Å²) >= 11 is 0. The van der Waals surface area contributed by atoms with Crippen LogP contribution in [-0.2, 0) is 11.2 Å². The Kier molecular flexibility index (Phi) is 4.52. The van der Waals surface area contributed by atoms with Crippen LogP contribution in [0.1, 0.15) is 11.4 Å². The number of nitrogens with one attached hydrogen (secondary N) is 1. The molecule has 3 aromatic rings. The summed E-state index contributed by atoms with van der Waals surface area (Å²) in [5.41, 5.74) is 3.49. The topological polar surface area (TPSA) is 75.1 Å². The number of hydrogen-bond acceptors (Lipinski definition) is 4. The van der Waals surface area contributed by atoms with Crippen LogP contribution in [0.25, 0.3) is 11.3 Å². The number of hydrogen-bond donors (Lipinski definition) is 2. The van der Waals surface area contributed by atoms with Crippen molar-refractivity contribution in [2.24, 2.45) is 0 Å². The third-order valence-corrected chi connectivity index (χ3v) is 3.49. The van der Waals surface area contributed by atoms with Gasteiger partial charge in [-0.1, -0.05) is 42.5 Å². The minimum absolute atomic E-state index is 0.0189. The van der Waals surface area contributed by atoms with Gasteiger partial charge in [-0.3, -0.25) is 4.79 Å². The third-order valence-electron chi connectivity index (χ3n) is 3.49. The molecule has 0 saturated heterocycles. The lowest BCUT2D eigenvalue weighted by Gasteiger charge is -2.09. The second-order valence-corrected chi connectivity index (χ2v) is 5.44. The minimum Gasteiger partial charge on any atom is -0.481 e. The fourth-order valence-corrected chi connectivity index (χ4v) is 2.42. The van der Waals surface area contributed by atoms with Crippen molar-refractivity contribution in [3.8, 4) is 11.3 Å².